The third-order valence-electron chi connectivity index (χ3n) is 9.27. The van der Waals surface area contributed by atoms with Crippen LogP contribution in [0.5, 0.6) is 5.75 Å². The van der Waals surface area contributed by atoms with Gasteiger partial charge >= 0.3 is 6.18 Å². The summed E-state index contributed by atoms with van der Waals surface area (Å²) in [5.41, 5.74) is 8.65. The summed E-state index contributed by atoms with van der Waals surface area (Å²) in [6.07, 6.45) is -18.1. The molecule has 0 saturated carbocycles. The largest absolute Gasteiger partial charge is 0.542 e. The SMILES string of the molecule is CCn1c(CNC(=O)c2nc3cc[nH]c3nc2N)[n+](CC)c2ccc(OCCN(C[C@H](O)[C@@H](O)[C@H](O)[C@H](O)CO)C[C@H](O)[C@@H](O)[C@H](O)[C@H](O)CO)cc21.O=C([O-])C(F)(F)F. The highest BCUT2D eigenvalue weighted by Gasteiger charge is 2.35. The van der Waals surface area contributed by atoms with Crippen molar-refractivity contribution in [1.29, 1.82) is 0 Å². The smallest absolute Gasteiger partial charge is 0.430 e. The molecule has 1 aromatic carbocycles. The number of rotatable bonds is 21. The number of carboxylic acid groups (broad SMARTS) is 1. The second-order valence-electron chi connectivity index (χ2n) is 13.4. The Morgan fingerprint density at radius 2 is 1.48 bits per heavy atom. The first-order valence-corrected chi connectivity index (χ1v) is 18.4. The number of alkyl halides is 3. The van der Waals surface area contributed by atoms with E-state index in [2.05, 4.69) is 20.3 Å². The van der Waals surface area contributed by atoms with Gasteiger partial charge in [0, 0.05) is 31.9 Å². The number of nitrogen functional groups attached to an aromatic ring is 1. The number of carbonyl (C=O) groups excluding carboxylic acids is 2. The van der Waals surface area contributed by atoms with Crippen LogP contribution in [0.3, 0.4) is 0 Å². The second-order valence-corrected chi connectivity index (χ2v) is 13.4. The monoisotopic (exact) mass is 864 g/mol. The number of aryl methyl sites for hydroxylation is 2. The number of H-pyrrole nitrogens is 1. The predicted molar refractivity (Wildman–Crippen MR) is 198 cm³/mol. The summed E-state index contributed by atoms with van der Waals surface area (Å²) in [6, 6.07) is 7.09. The molecule has 4 rings (SSSR count). The fourth-order valence-electron chi connectivity index (χ4n) is 6.07. The average molecular weight is 865 g/mol. The number of ether oxygens (including phenoxy) is 1. The molecule has 0 radical (unpaired) electrons. The normalized spacial score (nSPS) is 16.1. The second kappa shape index (κ2) is 22.2. The number of amides is 1. The number of aliphatic carboxylic acids is 1. The van der Waals surface area contributed by atoms with Crippen molar-refractivity contribution in [3.05, 3.63) is 42.0 Å². The third-order valence-corrected chi connectivity index (χ3v) is 9.27. The van der Waals surface area contributed by atoms with Crippen LogP contribution in [0.4, 0.5) is 19.0 Å². The van der Waals surface area contributed by atoms with Crippen LogP contribution in [0.2, 0.25) is 0 Å². The predicted octanol–water partition coefficient (Wildman–Crippen LogP) is -5.40. The molecule has 3 heterocycles. The zero-order valence-corrected chi connectivity index (χ0v) is 32.4. The Kier molecular flexibility index (Phi) is 18.3. The van der Waals surface area contributed by atoms with Crippen LogP contribution in [-0.4, -0.2) is 182 Å². The Morgan fingerprint density at radius 1 is 0.933 bits per heavy atom. The first kappa shape index (κ1) is 49.6. The molecule has 22 nitrogen and oxygen atoms in total. The van der Waals surface area contributed by atoms with Crippen LogP contribution < -0.4 is 25.5 Å². The van der Waals surface area contributed by atoms with Gasteiger partial charge in [0.05, 0.1) is 38.5 Å². The lowest BCUT2D eigenvalue weighted by Crippen LogP contribution is -2.53. The van der Waals surface area contributed by atoms with E-state index >= 15 is 0 Å². The van der Waals surface area contributed by atoms with E-state index in [1.807, 2.05) is 29.0 Å². The molecule has 60 heavy (non-hydrogen) atoms. The van der Waals surface area contributed by atoms with Crippen molar-refractivity contribution in [2.75, 3.05) is 45.2 Å². The lowest BCUT2D eigenvalue weighted by molar-refractivity contribution is -0.676. The summed E-state index contributed by atoms with van der Waals surface area (Å²) < 4.78 is 41.6. The molecule has 0 unspecified atom stereocenters. The number of hydrogen-bond donors (Lipinski definition) is 13. The Morgan fingerprint density at radius 3 is 1.98 bits per heavy atom. The van der Waals surface area contributed by atoms with Gasteiger partial charge in [-0.1, -0.05) is 0 Å². The molecule has 8 atom stereocenters. The van der Waals surface area contributed by atoms with Gasteiger partial charge < -0.3 is 81.7 Å². The third kappa shape index (κ3) is 12.6. The maximum Gasteiger partial charge on any atom is 0.430 e. The number of aliphatic hydroxyl groups excluding tert-OH is 10. The van der Waals surface area contributed by atoms with Gasteiger partial charge in [0.2, 0.25) is 0 Å². The number of benzene rings is 1. The highest BCUT2D eigenvalue weighted by molar-refractivity contribution is 5.98. The molecule has 336 valence electrons. The van der Waals surface area contributed by atoms with Gasteiger partial charge in [-0.3, -0.25) is 9.69 Å². The number of imidazole rings is 1. The Balaban J connectivity index is 0.00000126. The maximum absolute atomic E-state index is 13.1. The number of carboxylic acids is 1. The van der Waals surface area contributed by atoms with Crippen molar-refractivity contribution in [3.8, 4) is 5.75 Å². The molecular formula is C35H51F3N8O14. The molecule has 3 aromatic heterocycles. The first-order valence-electron chi connectivity index (χ1n) is 18.4. The highest BCUT2D eigenvalue weighted by atomic mass is 19.4. The lowest BCUT2D eigenvalue weighted by Gasteiger charge is -2.33. The molecule has 0 bridgehead atoms. The molecule has 14 N–H and O–H groups in total. The van der Waals surface area contributed by atoms with Crippen molar-refractivity contribution < 1.29 is 88.2 Å². The molecule has 4 aromatic rings. The van der Waals surface area contributed by atoms with Crippen LogP contribution in [-0.2, 0) is 24.4 Å². The van der Waals surface area contributed by atoms with Crippen molar-refractivity contribution in [2.45, 2.75) is 88.5 Å². The van der Waals surface area contributed by atoms with Gasteiger partial charge in [0.1, 0.15) is 67.0 Å². The van der Waals surface area contributed by atoms with E-state index in [1.165, 1.54) is 4.90 Å². The number of nitrogens with zero attached hydrogens (tertiary/aromatic N) is 5. The van der Waals surface area contributed by atoms with Crippen LogP contribution in [0, 0.1) is 0 Å². The maximum atomic E-state index is 13.1. The van der Waals surface area contributed by atoms with Gasteiger partial charge in [-0.05, 0) is 32.0 Å². The highest BCUT2D eigenvalue weighted by Crippen LogP contribution is 2.22. The molecule has 0 spiro atoms. The van der Waals surface area contributed by atoms with E-state index in [4.69, 9.17) is 30.6 Å². The molecule has 0 fully saturated rings. The molecule has 1 amide bonds. The minimum Gasteiger partial charge on any atom is -0.542 e. The van der Waals surface area contributed by atoms with Crippen LogP contribution in [0.1, 0.15) is 30.2 Å². The zero-order valence-electron chi connectivity index (χ0n) is 32.4. The van der Waals surface area contributed by atoms with Gasteiger partial charge in [-0.2, -0.15) is 13.2 Å². The summed E-state index contributed by atoms with van der Waals surface area (Å²) in [7, 11) is 0. The van der Waals surface area contributed by atoms with Crippen molar-refractivity contribution in [3.63, 3.8) is 0 Å². The number of carbonyl (C=O) groups is 2. The standard InChI is InChI=1S/C33H50N8O12.C2HF3O2/c1-3-40-19-6-5-17(11-20(19)41(4-2)25(40)12-36-33(52)26-31(34)38-32-18(37-26)7-8-35-32)53-10-9-39(13-21(44)27(48)29(50)23(46)15-42)14-22(45)28(49)30(51)24(47)16-43;3-2(4,5)1(6)7/h5-8,11,21-24,27-30,42-51H,3-4,9-10,12-16H2,1-2H3,(H3-,34,35,36,37,38,52);(H,6,7)/t21-,22-,23+,24+,27+,28+,29+,30+;/m0./s1. The average Bonchev–Trinajstić information content (AvgIpc) is 3.80. The zero-order chi connectivity index (χ0) is 45.1. The minimum absolute atomic E-state index is 0.00551. The molecule has 0 aliphatic carbocycles. The molecule has 25 heteroatoms. The van der Waals surface area contributed by atoms with Crippen LogP contribution in [0.25, 0.3) is 22.2 Å². The summed E-state index contributed by atoms with van der Waals surface area (Å²) in [5, 5.41) is 111. The van der Waals surface area contributed by atoms with E-state index in [0.717, 1.165) is 16.9 Å². The number of fused-ring (bicyclic) bond motifs is 2. The van der Waals surface area contributed by atoms with E-state index in [-0.39, 0.29) is 31.2 Å². The topological polar surface area (TPSA) is 360 Å². The van der Waals surface area contributed by atoms with Gasteiger partial charge in [0.25, 0.3) is 11.7 Å². The van der Waals surface area contributed by atoms with Gasteiger partial charge in [0.15, 0.2) is 28.2 Å². The lowest BCUT2D eigenvalue weighted by atomic mass is 10.0. The van der Waals surface area contributed by atoms with E-state index < -0.39 is 93.2 Å². The number of nitrogens with two attached hydrogens (primary N) is 1. The van der Waals surface area contributed by atoms with E-state index in [0.29, 0.717) is 30.0 Å². The number of halogens is 3. The quantitative estimate of drug-likeness (QED) is 0.0348. The molecule has 0 aliphatic heterocycles. The number of anilines is 1. The van der Waals surface area contributed by atoms with Crippen LogP contribution in [0.15, 0.2) is 30.5 Å². The van der Waals surface area contributed by atoms with Crippen molar-refractivity contribution in [1.82, 2.24) is 29.7 Å². The van der Waals surface area contributed by atoms with E-state index in [9.17, 15) is 58.8 Å². The number of hydrogen-bond acceptors (Lipinski definition) is 18. The summed E-state index contributed by atoms with van der Waals surface area (Å²) in [6.45, 7) is 2.47. The van der Waals surface area contributed by atoms with Crippen molar-refractivity contribution >= 4 is 39.9 Å². The molecule has 0 aliphatic rings. The number of nitrogens with one attached hydrogen (secondary N) is 2. The van der Waals surface area contributed by atoms with Gasteiger partial charge in [-0.25, -0.2) is 19.1 Å². The van der Waals surface area contributed by atoms with Crippen LogP contribution >= 0.6 is 0 Å². The molecular weight excluding hydrogens is 813 g/mol. The number of aromatic amines is 1. The number of aromatic nitrogens is 5. The first-order chi connectivity index (χ1) is 28.2. The fourth-order valence-corrected chi connectivity index (χ4v) is 6.07. The summed E-state index contributed by atoms with van der Waals surface area (Å²) in [5.74, 6) is -2.28. The number of aliphatic hydroxyl groups is 10. The Bertz CT molecular complexity index is 1970. The summed E-state index contributed by atoms with van der Waals surface area (Å²) >= 11 is 0. The van der Waals surface area contributed by atoms with E-state index in [1.54, 1.807) is 24.4 Å². The fraction of sp³-hybridized carbons (Fsp3) is 0.571. The van der Waals surface area contributed by atoms with Gasteiger partial charge in [-0.15, -0.1) is 0 Å². The Hall–Kier alpha value is -4.80. The minimum atomic E-state index is -5.19. The molecule has 0 saturated heterocycles. The Labute approximate surface area is 339 Å². The summed E-state index contributed by atoms with van der Waals surface area (Å²) in [4.78, 5) is 34.7. The van der Waals surface area contributed by atoms with Crippen molar-refractivity contribution in [2.24, 2.45) is 0 Å².